The molecular formula is C48H30N4. The van der Waals surface area contributed by atoms with Gasteiger partial charge in [-0.05, 0) is 69.8 Å². The van der Waals surface area contributed by atoms with Crippen molar-refractivity contribution < 1.29 is 0 Å². The van der Waals surface area contributed by atoms with E-state index < -0.39 is 0 Å². The zero-order valence-corrected chi connectivity index (χ0v) is 28.1. The number of hydrogen-bond acceptors (Lipinski definition) is 4. The Morgan fingerprint density at radius 1 is 0.308 bits per heavy atom. The molecule has 4 aromatic heterocycles. The van der Waals surface area contributed by atoms with Crippen molar-refractivity contribution in [2.24, 2.45) is 0 Å². The molecule has 0 aliphatic rings. The number of rotatable bonds is 5. The van der Waals surface area contributed by atoms with Gasteiger partial charge < -0.3 is 0 Å². The molecule has 4 heterocycles. The zero-order chi connectivity index (χ0) is 34.4. The van der Waals surface area contributed by atoms with E-state index in [0.29, 0.717) is 0 Å². The molecule has 0 N–H and O–H groups in total. The lowest BCUT2D eigenvalue weighted by Gasteiger charge is -2.10. The maximum Gasteiger partial charge on any atom is 0.0970 e. The number of pyridine rings is 4. The number of nitrogens with zero attached hydrogens (tertiary/aromatic N) is 4. The van der Waals surface area contributed by atoms with Crippen molar-refractivity contribution in [2.75, 3.05) is 0 Å². The van der Waals surface area contributed by atoms with Gasteiger partial charge in [0.05, 0.1) is 33.5 Å². The van der Waals surface area contributed by atoms with E-state index in [-0.39, 0.29) is 0 Å². The summed E-state index contributed by atoms with van der Waals surface area (Å²) in [5.41, 5.74) is 14.7. The Labute approximate surface area is 300 Å². The fourth-order valence-corrected chi connectivity index (χ4v) is 7.21. The topological polar surface area (TPSA) is 51.6 Å². The normalized spacial score (nSPS) is 11.5. The minimum Gasteiger partial charge on any atom is -0.254 e. The van der Waals surface area contributed by atoms with Gasteiger partial charge in [-0.2, -0.15) is 0 Å². The van der Waals surface area contributed by atoms with Crippen LogP contribution in [0.1, 0.15) is 0 Å². The van der Waals surface area contributed by atoms with E-state index >= 15 is 0 Å². The van der Waals surface area contributed by atoms with Gasteiger partial charge in [0.15, 0.2) is 0 Å². The van der Waals surface area contributed by atoms with E-state index in [1.165, 1.54) is 11.1 Å². The third-order valence-electron chi connectivity index (χ3n) is 9.98. The van der Waals surface area contributed by atoms with Gasteiger partial charge >= 0.3 is 0 Å². The van der Waals surface area contributed by atoms with Gasteiger partial charge in [-0.3, -0.25) is 9.97 Å². The van der Waals surface area contributed by atoms with Crippen molar-refractivity contribution in [1.82, 2.24) is 19.9 Å². The Hall–Kier alpha value is -7.04. The molecule has 4 heteroatoms. The van der Waals surface area contributed by atoms with Crippen LogP contribution < -0.4 is 0 Å². The van der Waals surface area contributed by atoms with Crippen LogP contribution in [-0.2, 0) is 0 Å². The van der Waals surface area contributed by atoms with Crippen LogP contribution in [0.25, 0.3) is 99.5 Å². The van der Waals surface area contributed by atoms with Crippen LogP contribution in [0.4, 0.5) is 0 Å². The first-order valence-electron chi connectivity index (χ1n) is 17.4. The number of hydrogen-bond donors (Lipinski definition) is 0. The molecule has 10 rings (SSSR count). The first kappa shape index (κ1) is 29.8. The minimum atomic E-state index is 0.920. The summed E-state index contributed by atoms with van der Waals surface area (Å²) < 4.78 is 0. The SMILES string of the molecule is c1ccc(-c2ccc(-c3ccc4ccc(-c5ccc6ccc(-c7ccc(-c8ccnc9c8ccc8cccnc89)cc7)nc6c5)cc4n3)cc2)cc1. The Kier molecular flexibility index (Phi) is 7.10. The lowest BCUT2D eigenvalue weighted by atomic mass is 9.98. The lowest BCUT2D eigenvalue weighted by molar-refractivity contribution is 1.37. The summed E-state index contributed by atoms with van der Waals surface area (Å²) in [6.45, 7) is 0. The monoisotopic (exact) mass is 662 g/mol. The highest BCUT2D eigenvalue weighted by molar-refractivity contribution is 6.08. The van der Waals surface area contributed by atoms with E-state index in [0.717, 1.165) is 88.4 Å². The second kappa shape index (κ2) is 12.4. The Balaban J connectivity index is 0.948. The molecule has 52 heavy (non-hydrogen) atoms. The van der Waals surface area contributed by atoms with Crippen LogP contribution >= 0.6 is 0 Å². The summed E-state index contributed by atoms with van der Waals surface area (Å²) in [7, 11) is 0. The van der Waals surface area contributed by atoms with E-state index in [1.807, 2.05) is 24.5 Å². The summed E-state index contributed by atoms with van der Waals surface area (Å²) in [6.07, 6.45) is 3.70. The standard InChI is InChI=1S/C48H30N4/c1-2-5-31(6-3-1)32-8-12-34(13-9-32)43-24-21-36-16-18-39(29-45(36)51-43)40-19-17-37-22-25-44(52-46(37)30-40)35-14-10-33(11-15-35)41-26-28-50-48-42(41)23-20-38-7-4-27-49-47(38)48/h1-30H. The van der Waals surface area contributed by atoms with Crippen LogP contribution in [0.3, 0.4) is 0 Å². The molecule has 0 unspecified atom stereocenters. The van der Waals surface area contributed by atoms with Crippen molar-refractivity contribution in [3.63, 3.8) is 0 Å². The van der Waals surface area contributed by atoms with Crippen LogP contribution in [-0.4, -0.2) is 19.9 Å². The molecule has 0 radical (unpaired) electrons. The van der Waals surface area contributed by atoms with Crippen molar-refractivity contribution in [1.29, 1.82) is 0 Å². The largest absolute Gasteiger partial charge is 0.254 e. The fourth-order valence-electron chi connectivity index (χ4n) is 7.21. The van der Waals surface area contributed by atoms with E-state index in [4.69, 9.17) is 9.97 Å². The van der Waals surface area contributed by atoms with Gasteiger partial charge in [-0.25, -0.2) is 9.97 Å². The van der Waals surface area contributed by atoms with E-state index in [1.54, 1.807) is 0 Å². The summed E-state index contributed by atoms with van der Waals surface area (Å²) in [4.78, 5) is 19.5. The Bertz CT molecular complexity index is 2940. The van der Waals surface area contributed by atoms with E-state index in [2.05, 4.69) is 168 Å². The van der Waals surface area contributed by atoms with Crippen molar-refractivity contribution in [3.05, 3.63) is 182 Å². The summed E-state index contributed by atoms with van der Waals surface area (Å²) in [5.74, 6) is 0. The van der Waals surface area contributed by atoms with Gasteiger partial charge in [0.25, 0.3) is 0 Å². The highest BCUT2D eigenvalue weighted by Gasteiger charge is 2.11. The second-order valence-corrected chi connectivity index (χ2v) is 13.1. The number of fused-ring (bicyclic) bond motifs is 5. The minimum absolute atomic E-state index is 0.920. The molecule has 0 saturated carbocycles. The summed E-state index contributed by atoms with van der Waals surface area (Å²) in [5, 5.41) is 4.40. The molecule has 0 amide bonds. The van der Waals surface area contributed by atoms with Crippen molar-refractivity contribution in [3.8, 4) is 55.9 Å². The van der Waals surface area contributed by atoms with Gasteiger partial charge in [-0.1, -0.05) is 133 Å². The zero-order valence-electron chi connectivity index (χ0n) is 28.1. The molecule has 0 saturated heterocycles. The van der Waals surface area contributed by atoms with Crippen LogP contribution in [0.5, 0.6) is 0 Å². The molecule has 242 valence electrons. The average molecular weight is 663 g/mol. The van der Waals surface area contributed by atoms with Gasteiger partial charge in [0.1, 0.15) is 0 Å². The Morgan fingerprint density at radius 3 is 1.48 bits per heavy atom. The highest BCUT2D eigenvalue weighted by Crippen LogP contribution is 2.34. The molecule has 0 fully saturated rings. The average Bonchev–Trinajstić information content (AvgIpc) is 3.23. The fraction of sp³-hybridized carbons (Fsp3) is 0. The molecule has 4 nitrogen and oxygen atoms in total. The maximum absolute atomic E-state index is 5.13. The van der Waals surface area contributed by atoms with Gasteiger partial charge in [0, 0.05) is 45.1 Å². The lowest BCUT2D eigenvalue weighted by Crippen LogP contribution is -1.89. The third kappa shape index (κ3) is 5.34. The van der Waals surface area contributed by atoms with Gasteiger partial charge in [-0.15, -0.1) is 0 Å². The third-order valence-corrected chi connectivity index (χ3v) is 9.98. The summed E-state index contributed by atoms with van der Waals surface area (Å²) >= 11 is 0. The van der Waals surface area contributed by atoms with Crippen molar-refractivity contribution in [2.45, 2.75) is 0 Å². The molecule has 0 atom stereocenters. The van der Waals surface area contributed by atoms with Crippen molar-refractivity contribution >= 4 is 43.6 Å². The van der Waals surface area contributed by atoms with Gasteiger partial charge in [0.2, 0.25) is 0 Å². The van der Waals surface area contributed by atoms with Crippen LogP contribution in [0, 0.1) is 0 Å². The molecular weight excluding hydrogens is 633 g/mol. The Morgan fingerprint density at radius 2 is 0.827 bits per heavy atom. The maximum atomic E-state index is 5.13. The molecule has 0 aliphatic carbocycles. The molecule has 10 aromatic rings. The smallest absolute Gasteiger partial charge is 0.0970 e. The second-order valence-electron chi connectivity index (χ2n) is 13.1. The van der Waals surface area contributed by atoms with Crippen LogP contribution in [0.2, 0.25) is 0 Å². The number of aromatic nitrogens is 4. The predicted molar refractivity (Wildman–Crippen MR) is 215 cm³/mol. The number of benzene rings is 6. The first-order chi connectivity index (χ1) is 25.7. The summed E-state index contributed by atoms with van der Waals surface area (Å²) in [6, 6.07) is 59.6. The first-order valence-corrected chi connectivity index (χ1v) is 17.4. The molecule has 0 bridgehead atoms. The molecule has 0 spiro atoms. The predicted octanol–water partition coefficient (Wildman–Crippen LogP) is 12.2. The molecule has 6 aromatic carbocycles. The quantitative estimate of drug-likeness (QED) is 0.172. The molecule has 0 aliphatic heterocycles. The van der Waals surface area contributed by atoms with Crippen LogP contribution in [0.15, 0.2) is 182 Å². The van der Waals surface area contributed by atoms with E-state index in [9.17, 15) is 0 Å². The highest BCUT2D eigenvalue weighted by atomic mass is 14.7.